The molecule has 0 bridgehead atoms. The summed E-state index contributed by atoms with van der Waals surface area (Å²) in [5.74, 6) is 2.11. The smallest absolute Gasteiger partial charge is 0.253 e. The van der Waals surface area contributed by atoms with E-state index in [0.29, 0.717) is 13.1 Å². The highest BCUT2D eigenvalue weighted by molar-refractivity contribution is 5.94. The highest BCUT2D eigenvalue weighted by Crippen LogP contribution is 2.30. The van der Waals surface area contributed by atoms with E-state index in [1.165, 1.54) is 5.56 Å². The van der Waals surface area contributed by atoms with Crippen LogP contribution in [-0.4, -0.2) is 56.7 Å². The number of hydrogen-bond acceptors (Lipinski definition) is 5. The molecule has 0 N–H and O–H groups in total. The number of benzene rings is 2. The molecule has 2 aromatic heterocycles. The Morgan fingerprint density at radius 2 is 1.63 bits per heavy atom. The first-order chi connectivity index (χ1) is 18.3. The van der Waals surface area contributed by atoms with Crippen molar-refractivity contribution in [3.63, 3.8) is 0 Å². The van der Waals surface area contributed by atoms with Crippen LogP contribution in [0.15, 0.2) is 60.8 Å². The molecule has 7 nitrogen and oxygen atoms in total. The third-order valence-corrected chi connectivity index (χ3v) is 7.45. The summed E-state index contributed by atoms with van der Waals surface area (Å²) in [6, 6.07) is 18.2. The predicted molar refractivity (Wildman–Crippen MR) is 153 cm³/mol. The van der Waals surface area contributed by atoms with Gasteiger partial charge in [-0.2, -0.15) is 5.10 Å². The molecule has 0 spiro atoms. The minimum absolute atomic E-state index is 0.0673. The molecule has 1 fully saturated rings. The predicted octanol–water partition coefficient (Wildman–Crippen LogP) is 5.98. The zero-order chi connectivity index (χ0) is 26.9. The zero-order valence-corrected chi connectivity index (χ0v) is 23.2. The Morgan fingerprint density at radius 1 is 0.947 bits per heavy atom. The lowest BCUT2D eigenvalue weighted by Crippen LogP contribution is -2.49. The molecule has 3 heterocycles. The first-order valence-electron chi connectivity index (χ1n) is 13.7. The third kappa shape index (κ3) is 5.15. The largest absolute Gasteiger partial charge is 0.352 e. The number of piperazine rings is 1. The van der Waals surface area contributed by atoms with Gasteiger partial charge in [-0.1, -0.05) is 71.4 Å². The Kier molecular flexibility index (Phi) is 7.19. The molecule has 0 saturated carbocycles. The SMILES string of the molecule is CCC[C@H](C)c1nc(N2CCN(C(=O)c3ccc(C(C)(C)C)cc3)CC2)c2cnn(-c3ccccc3)c2n1. The molecular weight excluding hydrogens is 472 g/mol. The number of nitrogens with zero attached hydrogens (tertiary/aromatic N) is 6. The van der Waals surface area contributed by atoms with Crippen LogP contribution in [0.3, 0.4) is 0 Å². The van der Waals surface area contributed by atoms with Gasteiger partial charge in [0.15, 0.2) is 5.65 Å². The van der Waals surface area contributed by atoms with E-state index in [4.69, 9.17) is 15.1 Å². The number of hydrogen-bond donors (Lipinski definition) is 0. The monoisotopic (exact) mass is 510 g/mol. The molecule has 0 aliphatic carbocycles. The molecule has 0 unspecified atom stereocenters. The van der Waals surface area contributed by atoms with Crippen molar-refractivity contribution in [2.75, 3.05) is 31.1 Å². The van der Waals surface area contributed by atoms with Gasteiger partial charge in [0.1, 0.15) is 11.6 Å². The molecular formula is C31H38N6O. The zero-order valence-electron chi connectivity index (χ0n) is 23.2. The van der Waals surface area contributed by atoms with Gasteiger partial charge in [0.25, 0.3) is 5.91 Å². The molecule has 1 aliphatic rings. The van der Waals surface area contributed by atoms with Crippen molar-refractivity contribution in [2.24, 2.45) is 0 Å². The van der Waals surface area contributed by atoms with Gasteiger partial charge in [0.05, 0.1) is 17.3 Å². The van der Waals surface area contributed by atoms with Crippen molar-refractivity contribution in [2.45, 2.75) is 58.8 Å². The highest BCUT2D eigenvalue weighted by Gasteiger charge is 2.27. The van der Waals surface area contributed by atoms with E-state index in [1.807, 2.05) is 58.2 Å². The number of para-hydroxylation sites is 1. The fraction of sp³-hybridized carbons (Fsp3) is 0.419. The second kappa shape index (κ2) is 10.6. The van der Waals surface area contributed by atoms with Crippen LogP contribution >= 0.6 is 0 Å². The topological polar surface area (TPSA) is 67.2 Å². The highest BCUT2D eigenvalue weighted by atomic mass is 16.2. The number of carbonyl (C=O) groups excluding carboxylic acids is 1. The summed E-state index contributed by atoms with van der Waals surface area (Å²) in [5.41, 5.74) is 3.86. The molecule has 0 radical (unpaired) electrons. The van der Waals surface area contributed by atoms with Crippen LogP contribution in [0.1, 0.15) is 75.1 Å². The van der Waals surface area contributed by atoms with E-state index in [0.717, 1.165) is 59.9 Å². The van der Waals surface area contributed by atoms with Crippen LogP contribution in [0.4, 0.5) is 5.82 Å². The lowest BCUT2D eigenvalue weighted by molar-refractivity contribution is 0.0746. The summed E-state index contributed by atoms with van der Waals surface area (Å²) in [6.45, 7) is 13.7. The van der Waals surface area contributed by atoms with Gasteiger partial charge in [-0.25, -0.2) is 14.6 Å². The van der Waals surface area contributed by atoms with Gasteiger partial charge < -0.3 is 9.80 Å². The van der Waals surface area contributed by atoms with E-state index in [1.54, 1.807) is 0 Å². The summed E-state index contributed by atoms with van der Waals surface area (Å²) in [4.78, 5) is 27.6. The van der Waals surface area contributed by atoms with Crippen molar-refractivity contribution in [1.82, 2.24) is 24.6 Å². The van der Waals surface area contributed by atoms with Crippen LogP contribution in [0.2, 0.25) is 0 Å². The van der Waals surface area contributed by atoms with Crippen molar-refractivity contribution in [3.05, 3.63) is 77.7 Å². The minimum atomic E-state index is 0.0673. The van der Waals surface area contributed by atoms with Gasteiger partial charge >= 0.3 is 0 Å². The number of amides is 1. The standard InChI is InChI=1S/C31H38N6O/c1-6-10-22(2)27-33-28(26-21-32-37(29(26)34-27)25-11-8-7-9-12-25)35-17-19-36(20-18-35)30(38)23-13-15-24(16-14-23)31(3,4)5/h7-9,11-16,21-22H,6,10,17-20H2,1-5H3/t22-/m0/s1. The van der Waals surface area contributed by atoms with Gasteiger partial charge in [-0.3, -0.25) is 4.79 Å². The quantitative estimate of drug-likeness (QED) is 0.319. The van der Waals surface area contributed by atoms with Gasteiger partial charge in [0.2, 0.25) is 0 Å². The fourth-order valence-corrected chi connectivity index (χ4v) is 5.11. The Bertz CT molecular complexity index is 1400. The number of aromatic nitrogens is 4. The van der Waals surface area contributed by atoms with Crippen molar-refractivity contribution < 1.29 is 4.79 Å². The second-order valence-electron chi connectivity index (χ2n) is 11.3. The number of anilines is 1. The van der Waals surface area contributed by atoms with Gasteiger partial charge in [-0.05, 0) is 41.7 Å². The third-order valence-electron chi connectivity index (χ3n) is 7.45. The van der Waals surface area contributed by atoms with Crippen molar-refractivity contribution in [3.8, 4) is 5.69 Å². The Hall–Kier alpha value is -3.74. The summed E-state index contributed by atoms with van der Waals surface area (Å²) < 4.78 is 1.91. The Balaban J connectivity index is 1.40. The minimum Gasteiger partial charge on any atom is -0.352 e. The molecule has 198 valence electrons. The lowest BCUT2D eigenvalue weighted by atomic mass is 9.86. The Morgan fingerprint density at radius 3 is 2.26 bits per heavy atom. The number of fused-ring (bicyclic) bond motifs is 1. The number of rotatable bonds is 6. The van der Waals surface area contributed by atoms with Gasteiger partial charge in [0, 0.05) is 37.7 Å². The van der Waals surface area contributed by atoms with E-state index in [9.17, 15) is 4.79 Å². The molecule has 2 aromatic carbocycles. The normalized spacial score (nSPS) is 15.2. The van der Waals surface area contributed by atoms with Crippen molar-refractivity contribution in [1.29, 1.82) is 0 Å². The van der Waals surface area contributed by atoms with Gasteiger partial charge in [-0.15, -0.1) is 0 Å². The van der Waals surface area contributed by atoms with Crippen LogP contribution in [0, 0.1) is 0 Å². The average molecular weight is 511 g/mol. The summed E-state index contributed by atoms with van der Waals surface area (Å²) in [6.07, 6.45) is 3.98. The Labute approximate surface area is 225 Å². The molecule has 38 heavy (non-hydrogen) atoms. The molecule has 5 rings (SSSR count). The molecule has 1 aliphatic heterocycles. The summed E-state index contributed by atoms with van der Waals surface area (Å²) in [7, 11) is 0. The van der Waals surface area contributed by atoms with E-state index in [2.05, 4.69) is 51.7 Å². The van der Waals surface area contributed by atoms with Crippen LogP contribution in [-0.2, 0) is 5.41 Å². The van der Waals surface area contributed by atoms with Crippen molar-refractivity contribution >= 4 is 22.8 Å². The maximum absolute atomic E-state index is 13.3. The summed E-state index contributed by atoms with van der Waals surface area (Å²) >= 11 is 0. The molecule has 4 aromatic rings. The van der Waals surface area contributed by atoms with E-state index >= 15 is 0 Å². The average Bonchev–Trinajstić information content (AvgIpc) is 3.36. The number of carbonyl (C=O) groups is 1. The first kappa shape index (κ1) is 25.9. The molecule has 7 heteroatoms. The van der Waals surface area contributed by atoms with E-state index in [-0.39, 0.29) is 17.2 Å². The van der Waals surface area contributed by atoms with Crippen LogP contribution in [0.5, 0.6) is 0 Å². The van der Waals surface area contributed by atoms with Crippen LogP contribution in [0.25, 0.3) is 16.7 Å². The summed E-state index contributed by atoms with van der Waals surface area (Å²) in [5, 5.41) is 5.64. The van der Waals surface area contributed by atoms with Crippen LogP contribution < -0.4 is 4.90 Å². The lowest BCUT2D eigenvalue weighted by Gasteiger charge is -2.36. The fourth-order valence-electron chi connectivity index (χ4n) is 5.11. The molecule has 1 atom stereocenters. The maximum atomic E-state index is 13.3. The first-order valence-corrected chi connectivity index (χ1v) is 13.7. The second-order valence-corrected chi connectivity index (χ2v) is 11.3. The molecule has 1 amide bonds. The van der Waals surface area contributed by atoms with E-state index < -0.39 is 0 Å². The molecule has 1 saturated heterocycles. The maximum Gasteiger partial charge on any atom is 0.253 e.